The second kappa shape index (κ2) is 8.99. The maximum atomic E-state index is 13.7. The smallest absolute Gasteiger partial charge is 0.318 e. The molecule has 2 heterocycles. The summed E-state index contributed by atoms with van der Waals surface area (Å²) >= 11 is 0. The molecule has 1 atom stereocenters. The third-order valence-electron chi connectivity index (χ3n) is 6.54. The summed E-state index contributed by atoms with van der Waals surface area (Å²) in [5, 5.41) is 3.14. The van der Waals surface area contributed by atoms with Gasteiger partial charge in [0.15, 0.2) is 0 Å². The van der Waals surface area contributed by atoms with Crippen molar-refractivity contribution in [1.82, 2.24) is 9.47 Å². The lowest BCUT2D eigenvalue weighted by Crippen LogP contribution is -2.37. The van der Waals surface area contributed by atoms with Gasteiger partial charge < -0.3 is 14.8 Å². The molecule has 0 saturated heterocycles. The number of hydrogen-bond donors (Lipinski definition) is 1. The van der Waals surface area contributed by atoms with E-state index < -0.39 is 0 Å². The molecule has 1 aliphatic rings. The Morgan fingerprint density at radius 3 is 2.21 bits per heavy atom. The van der Waals surface area contributed by atoms with E-state index in [-0.39, 0.29) is 12.1 Å². The van der Waals surface area contributed by atoms with E-state index in [2.05, 4.69) is 96.7 Å². The van der Waals surface area contributed by atoms with Crippen molar-refractivity contribution < 1.29 is 4.79 Å². The monoisotopic (exact) mass is 435 g/mol. The maximum Gasteiger partial charge on any atom is 0.322 e. The van der Waals surface area contributed by atoms with Gasteiger partial charge in [-0.05, 0) is 65.4 Å². The number of carbonyl (C=O) groups excluding carboxylic acids is 1. The third-order valence-corrected chi connectivity index (χ3v) is 6.54. The summed E-state index contributed by atoms with van der Waals surface area (Å²) in [6.07, 6.45) is 4.06. The predicted molar refractivity (Wildman–Crippen MR) is 134 cm³/mol. The van der Waals surface area contributed by atoms with Crippen LogP contribution in [0.1, 0.15) is 47.8 Å². The molecule has 1 aliphatic heterocycles. The summed E-state index contributed by atoms with van der Waals surface area (Å²) in [6.45, 7) is 4.81. The van der Waals surface area contributed by atoms with Crippen LogP contribution in [0.15, 0.2) is 91.1 Å². The van der Waals surface area contributed by atoms with E-state index in [0.29, 0.717) is 6.54 Å². The second-order valence-corrected chi connectivity index (χ2v) is 8.54. The fourth-order valence-electron chi connectivity index (χ4n) is 4.64. The number of aryl methyl sites for hydroxylation is 2. The van der Waals surface area contributed by atoms with Crippen LogP contribution in [0.4, 0.5) is 10.5 Å². The van der Waals surface area contributed by atoms with Crippen LogP contribution in [0.3, 0.4) is 0 Å². The Labute approximate surface area is 195 Å². The minimum absolute atomic E-state index is 0.103. The maximum absolute atomic E-state index is 13.7. The van der Waals surface area contributed by atoms with E-state index >= 15 is 0 Å². The summed E-state index contributed by atoms with van der Waals surface area (Å²) in [4.78, 5) is 15.7. The summed E-state index contributed by atoms with van der Waals surface area (Å²) in [6, 6.07) is 29.0. The minimum atomic E-state index is -0.201. The molecule has 5 rings (SSSR count). The summed E-state index contributed by atoms with van der Waals surface area (Å²) in [5.74, 6) is 0. The standard InChI is InChI=1S/C29H29N3O/c1-3-21-11-15-23(16-12-21)28-27-10-7-19-31(27)26-9-6-5-8-24(26)20-32(28)29(33)30-25-17-13-22(4-2)14-18-25/h5-19,28H,3-4,20H2,1-2H3,(H,30,33). The van der Waals surface area contributed by atoms with E-state index in [1.165, 1.54) is 11.1 Å². The van der Waals surface area contributed by atoms with Crippen molar-refractivity contribution in [2.45, 2.75) is 39.3 Å². The number of fused-ring (bicyclic) bond motifs is 3. The molecule has 0 radical (unpaired) electrons. The van der Waals surface area contributed by atoms with Gasteiger partial charge in [-0.1, -0.05) is 68.4 Å². The van der Waals surface area contributed by atoms with E-state index in [9.17, 15) is 4.79 Å². The summed E-state index contributed by atoms with van der Waals surface area (Å²) in [5.41, 5.74) is 7.79. The molecule has 0 fully saturated rings. The molecule has 33 heavy (non-hydrogen) atoms. The van der Waals surface area contributed by atoms with Gasteiger partial charge in [0.05, 0.1) is 18.3 Å². The Kier molecular flexibility index (Phi) is 5.74. The number of nitrogens with zero attached hydrogens (tertiary/aromatic N) is 2. The molecule has 0 aliphatic carbocycles. The number of aromatic nitrogens is 1. The lowest BCUT2D eigenvalue weighted by atomic mass is 10.00. The average Bonchev–Trinajstić information content (AvgIpc) is 3.29. The fraction of sp³-hybridized carbons (Fsp3) is 0.207. The van der Waals surface area contributed by atoms with Gasteiger partial charge in [-0.3, -0.25) is 0 Å². The molecular weight excluding hydrogens is 406 g/mol. The van der Waals surface area contributed by atoms with Crippen LogP contribution in [0.2, 0.25) is 0 Å². The molecular formula is C29H29N3O. The molecule has 166 valence electrons. The first kappa shape index (κ1) is 21.1. The van der Waals surface area contributed by atoms with Gasteiger partial charge in [0.25, 0.3) is 0 Å². The highest BCUT2D eigenvalue weighted by molar-refractivity contribution is 5.90. The molecule has 4 aromatic rings. The average molecular weight is 436 g/mol. The van der Waals surface area contributed by atoms with Gasteiger partial charge in [0.1, 0.15) is 0 Å². The van der Waals surface area contributed by atoms with Gasteiger partial charge >= 0.3 is 6.03 Å². The fourth-order valence-corrected chi connectivity index (χ4v) is 4.64. The van der Waals surface area contributed by atoms with Crippen LogP contribution in [-0.2, 0) is 19.4 Å². The van der Waals surface area contributed by atoms with E-state index in [1.807, 2.05) is 23.1 Å². The molecule has 2 amide bonds. The molecule has 4 nitrogen and oxygen atoms in total. The van der Waals surface area contributed by atoms with Crippen LogP contribution in [0.25, 0.3) is 5.69 Å². The zero-order valence-electron chi connectivity index (χ0n) is 19.2. The molecule has 1 aromatic heterocycles. The first-order chi connectivity index (χ1) is 16.2. The second-order valence-electron chi connectivity index (χ2n) is 8.54. The van der Waals surface area contributed by atoms with Gasteiger partial charge in [-0.25, -0.2) is 4.79 Å². The van der Waals surface area contributed by atoms with Gasteiger partial charge in [-0.15, -0.1) is 0 Å². The highest BCUT2D eigenvalue weighted by Gasteiger charge is 2.33. The number of rotatable bonds is 4. The van der Waals surface area contributed by atoms with Crippen LogP contribution in [0, 0.1) is 0 Å². The molecule has 0 saturated carbocycles. The Balaban J connectivity index is 1.58. The zero-order chi connectivity index (χ0) is 22.8. The largest absolute Gasteiger partial charge is 0.322 e. The number of para-hydroxylation sites is 1. The number of amides is 2. The SMILES string of the molecule is CCc1ccc(NC(=O)N2Cc3ccccc3-n3cccc3C2c2ccc(CC)cc2)cc1. The zero-order valence-corrected chi connectivity index (χ0v) is 19.2. The van der Waals surface area contributed by atoms with E-state index in [1.54, 1.807) is 0 Å². The van der Waals surface area contributed by atoms with E-state index in [4.69, 9.17) is 0 Å². The molecule has 1 N–H and O–H groups in total. The highest BCUT2D eigenvalue weighted by Crippen LogP contribution is 2.37. The Morgan fingerprint density at radius 2 is 1.52 bits per heavy atom. The van der Waals surface area contributed by atoms with Gasteiger partial charge in [-0.2, -0.15) is 0 Å². The Hall–Kier alpha value is -3.79. The van der Waals surface area contributed by atoms with Crippen molar-refractivity contribution in [2.75, 3.05) is 5.32 Å². The van der Waals surface area contributed by atoms with Crippen molar-refractivity contribution in [2.24, 2.45) is 0 Å². The van der Waals surface area contributed by atoms with Gasteiger partial charge in [0, 0.05) is 17.6 Å². The van der Waals surface area contributed by atoms with Crippen molar-refractivity contribution >= 4 is 11.7 Å². The molecule has 4 heteroatoms. The lowest BCUT2D eigenvalue weighted by Gasteiger charge is -2.31. The molecule has 0 bridgehead atoms. The van der Waals surface area contributed by atoms with Crippen LogP contribution in [-0.4, -0.2) is 15.5 Å². The highest BCUT2D eigenvalue weighted by atomic mass is 16.2. The minimum Gasteiger partial charge on any atom is -0.318 e. The first-order valence-corrected chi connectivity index (χ1v) is 11.7. The van der Waals surface area contributed by atoms with E-state index in [0.717, 1.165) is 41.0 Å². The number of benzene rings is 3. The Morgan fingerprint density at radius 1 is 0.848 bits per heavy atom. The first-order valence-electron chi connectivity index (χ1n) is 11.7. The lowest BCUT2D eigenvalue weighted by molar-refractivity contribution is 0.194. The number of urea groups is 1. The van der Waals surface area contributed by atoms with Crippen molar-refractivity contribution in [3.05, 3.63) is 119 Å². The number of hydrogen-bond acceptors (Lipinski definition) is 1. The summed E-state index contributed by atoms with van der Waals surface area (Å²) < 4.78 is 2.22. The van der Waals surface area contributed by atoms with Gasteiger partial charge in [0.2, 0.25) is 0 Å². The number of carbonyl (C=O) groups is 1. The quantitative estimate of drug-likeness (QED) is 0.379. The predicted octanol–water partition coefficient (Wildman–Crippen LogP) is 6.74. The number of anilines is 1. The normalized spacial score (nSPS) is 14.8. The van der Waals surface area contributed by atoms with Crippen molar-refractivity contribution in [3.63, 3.8) is 0 Å². The molecule has 1 unspecified atom stereocenters. The van der Waals surface area contributed by atoms with Crippen LogP contribution in [0.5, 0.6) is 0 Å². The topological polar surface area (TPSA) is 37.3 Å². The Bertz CT molecular complexity index is 1250. The van der Waals surface area contributed by atoms with Crippen LogP contribution >= 0.6 is 0 Å². The molecule has 0 spiro atoms. The van der Waals surface area contributed by atoms with Crippen molar-refractivity contribution in [1.29, 1.82) is 0 Å². The third kappa shape index (κ3) is 4.05. The number of nitrogens with one attached hydrogen (secondary N) is 1. The summed E-state index contributed by atoms with van der Waals surface area (Å²) in [7, 11) is 0. The molecule has 3 aromatic carbocycles. The van der Waals surface area contributed by atoms with Crippen LogP contribution < -0.4 is 5.32 Å². The van der Waals surface area contributed by atoms with Crippen molar-refractivity contribution in [3.8, 4) is 5.69 Å².